The predicted molar refractivity (Wildman–Crippen MR) is 86.1 cm³/mol. The monoisotopic (exact) mass is 391 g/mol. The summed E-state index contributed by atoms with van der Waals surface area (Å²) >= 11 is 0.916. The van der Waals surface area contributed by atoms with Crippen molar-refractivity contribution in [3.05, 3.63) is 52.2 Å². The summed E-state index contributed by atoms with van der Waals surface area (Å²) in [5.74, 6) is 0.116. The van der Waals surface area contributed by atoms with E-state index in [1.165, 1.54) is 30.3 Å². The highest BCUT2D eigenvalue weighted by Crippen LogP contribution is 2.30. The Hall–Kier alpha value is -3.59. The van der Waals surface area contributed by atoms with E-state index in [9.17, 15) is 18.9 Å². The molecule has 0 aliphatic heterocycles. The minimum atomic E-state index is -2.92. The summed E-state index contributed by atoms with van der Waals surface area (Å²) in [4.78, 5) is 14.0. The number of nitro groups is 1. The van der Waals surface area contributed by atoms with E-state index in [4.69, 9.17) is 9.68 Å². The Balaban J connectivity index is 1.76. The standard InChI is InChI=1S/C15H7F2N5O4S/c16-14(17)25-9-3-1-8(2-4-9)13-20-21-15(26-13)27-12-6-5-11(22(23)24)10(7-18)19-12/h1-6,14H. The van der Waals surface area contributed by atoms with Gasteiger partial charge in [-0.2, -0.15) is 14.0 Å². The second kappa shape index (κ2) is 7.75. The summed E-state index contributed by atoms with van der Waals surface area (Å²) in [7, 11) is 0. The number of pyridine rings is 1. The average molecular weight is 391 g/mol. The quantitative estimate of drug-likeness (QED) is 0.456. The highest BCUT2D eigenvalue weighted by atomic mass is 32.2. The van der Waals surface area contributed by atoms with Gasteiger partial charge in [-0.1, -0.05) is 0 Å². The van der Waals surface area contributed by atoms with Gasteiger partial charge in [0.15, 0.2) is 0 Å². The molecule has 0 atom stereocenters. The van der Waals surface area contributed by atoms with E-state index in [0.29, 0.717) is 5.56 Å². The molecule has 0 saturated carbocycles. The topological polar surface area (TPSA) is 128 Å². The number of nitriles is 1. The Morgan fingerprint density at radius 3 is 2.59 bits per heavy atom. The Morgan fingerprint density at radius 1 is 1.22 bits per heavy atom. The molecule has 0 aliphatic carbocycles. The van der Waals surface area contributed by atoms with Gasteiger partial charge in [0.2, 0.25) is 11.6 Å². The number of alkyl halides is 2. The molecule has 3 rings (SSSR count). The summed E-state index contributed by atoms with van der Waals surface area (Å²) in [5.41, 5.74) is -0.260. The summed E-state index contributed by atoms with van der Waals surface area (Å²) in [6, 6.07) is 9.76. The summed E-state index contributed by atoms with van der Waals surface area (Å²) in [5, 5.41) is 27.8. The van der Waals surface area contributed by atoms with Crippen LogP contribution >= 0.6 is 11.8 Å². The number of rotatable bonds is 6. The zero-order chi connectivity index (χ0) is 19.4. The van der Waals surface area contributed by atoms with Crippen LogP contribution in [0, 0.1) is 21.4 Å². The lowest BCUT2D eigenvalue weighted by molar-refractivity contribution is -0.385. The van der Waals surface area contributed by atoms with Crippen molar-refractivity contribution in [2.24, 2.45) is 0 Å². The van der Waals surface area contributed by atoms with E-state index in [2.05, 4.69) is 19.9 Å². The number of ether oxygens (including phenoxy) is 1. The number of aromatic nitrogens is 3. The van der Waals surface area contributed by atoms with Crippen LogP contribution in [0.2, 0.25) is 0 Å². The molecule has 0 aliphatic rings. The molecule has 0 radical (unpaired) electrons. The van der Waals surface area contributed by atoms with Gasteiger partial charge in [-0.3, -0.25) is 10.1 Å². The molecule has 0 unspecified atom stereocenters. The van der Waals surface area contributed by atoms with Gasteiger partial charge in [0.25, 0.3) is 5.22 Å². The number of hydrogen-bond acceptors (Lipinski definition) is 9. The van der Waals surface area contributed by atoms with Crippen molar-refractivity contribution < 1.29 is 22.9 Å². The molecule has 0 bridgehead atoms. The number of benzene rings is 1. The third-order valence-corrected chi connectivity index (χ3v) is 3.85. The van der Waals surface area contributed by atoms with Crippen LogP contribution in [0.1, 0.15) is 5.69 Å². The van der Waals surface area contributed by atoms with Gasteiger partial charge in [0.05, 0.1) is 4.92 Å². The van der Waals surface area contributed by atoms with Crippen LogP contribution in [0.25, 0.3) is 11.5 Å². The first-order valence-corrected chi connectivity index (χ1v) is 7.90. The van der Waals surface area contributed by atoms with Gasteiger partial charge in [-0.15, -0.1) is 10.2 Å². The Morgan fingerprint density at radius 2 is 1.96 bits per heavy atom. The third kappa shape index (κ3) is 4.33. The number of nitrogens with zero attached hydrogens (tertiary/aromatic N) is 5. The van der Waals surface area contributed by atoms with Gasteiger partial charge in [-0.05, 0) is 42.1 Å². The van der Waals surface area contributed by atoms with Crippen LogP contribution in [0.15, 0.2) is 51.1 Å². The molecule has 0 amide bonds. The van der Waals surface area contributed by atoms with Gasteiger partial charge in [0.1, 0.15) is 16.8 Å². The fourth-order valence-corrected chi connectivity index (χ4v) is 2.61. The summed E-state index contributed by atoms with van der Waals surface area (Å²) < 4.78 is 34.0. The lowest BCUT2D eigenvalue weighted by Gasteiger charge is -2.03. The van der Waals surface area contributed by atoms with Crippen molar-refractivity contribution in [2.45, 2.75) is 16.9 Å². The van der Waals surface area contributed by atoms with E-state index in [1.807, 2.05) is 0 Å². The Kier molecular flexibility index (Phi) is 5.23. The second-order valence-electron chi connectivity index (χ2n) is 4.76. The molecule has 2 aromatic heterocycles. The highest BCUT2D eigenvalue weighted by molar-refractivity contribution is 7.99. The van der Waals surface area contributed by atoms with Crippen molar-refractivity contribution >= 4 is 17.4 Å². The molecule has 0 spiro atoms. The third-order valence-electron chi connectivity index (χ3n) is 3.08. The van der Waals surface area contributed by atoms with E-state index < -0.39 is 17.2 Å². The fraction of sp³-hybridized carbons (Fsp3) is 0.0667. The smallest absolute Gasteiger partial charge is 0.387 e. The predicted octanol–water partition coefficient (Wildman–Crippen LogP) is 3.66. The molecule has 0 N–H and O–H groups in total. The number of halogens is 2. The van der Waals surface area contributed by atoms with Crippen LogP contribution in [-0.4, -0.2) is 26.7 Å². The van der Waals surface area contributed by atoms with Crippen molar-refractivity contribution in [1.29, 1.82) is 5.26 Å². The minimum Gasteiger partial charge on any atom is -0.435 e. The zero-order valence-corrected chi connectivity index (χ0v) is 13.9. The molecule has 0 fully saturated rings. The van der Waals surface area contributed by atoms with Crippen molar-refractivity contribution in [3.8, 4) is 23.3 Å². The molecule has 0 saturated heterocycles. The van der Waals surface area contributed by atoms with E-state index in [0.717, 1.165) is 17.8 Å². The minimum absolute atomic E-state index is 0.0121. The van der Waals surface area contributed by atoms with Gasteiger partial charge in [0, 0.05) is 11.6 Å². The average Bonchev–Trinajstić information content (AvgIpc) is 3.10. The molecule has 12 heteroatoms. The largest absolute Gasteiger partial charge is 0.435 e. The molecule has 3 aromatic rings. The fourth-order valence-electron chi connectivity index (χ4n) is 1.96. The first-order chi connectivity index (χ1) is 13.0. The molecular weight excluding hydrogens is 384 g/mol. The molecular formula is C15H7F2N5O4S. The molecule has 136 valence electrons. The van der Waals surface area contributed by atoms with E-state index in [1.54, 1.807) is 6.07 Å². The maximum absolute atomic E-state index is 12.1. The van der Waals surface area contributed by atoms with E-state index in [-0.39, 0.29) is 27.6 Å². The van der Waals surface area contributed by atoms with E-state index >= 15 is 0 Å². The maximum atomic E-state index is 12.1. The molecule has 27 heavy (non-hydrogen) atoms. The van der Waals surface area contributed by atoms with Crippen molar-refractivity contribution in [3.63, 3.8) is 0 Å². The Bertz CT molecular complexity index is 1020. The SMILES string of the molecule is N#Cc1nc(Sc2nnc(-c3ccc(OC(F)F)cc3)o2)ccc1[N+](=O)[O-]. The second-order valence-corrected chi connectivity index (χ2v) is 5.74. The lowest BCUT2D eigenvalue weighted by Crippen LogP contribution is -2.01. The van der Waals surface area contributed by atoms with Crippen LogP contribution in [-0.2, 0) is 0 Å². The normalized spacial score (nSPS) is 10.6. The first kappa shape index (κ1) is 18.2. The van der Waals surface area contributed by atoms with Crippen molar-refractivity contribution in [1.82, 2.24) is 15.2 Å². The molecule has 1 aromatic carbocycles. The van der Waals surface area contributed by atoms with Crippen LogP contribution in [0.3, 0.4) is 0 Å². The van der Waals surface area contributed by atoms with Gasteiger partial charge in [-0.25, -0.2) is 4.98 Å². The van der Waals surface area contributed by atoms with Gasteiger partial charge >= 0.3 is 12.3 Å². The highest BCUT2D eigenvalue weighted by Gasteiger charge is 2.18. The zero-order valence-electron chi connectivity index (χ0n) is 13.1. The number of hydrogen-bond donors (Lipinski definition) is 0. The summed E-state index contributed by atoms with van der Waals surface area (Å²) in [6.45, 7) is -2.92. The van der Waals surface area contributed by atoms with Crippen LogP contribution in [0.5, 0.6) is 5.75 Å². The van der Waals surface area contributed by atoms with Crippen LogP contribution in [0.4, 0.5) is 14.5 Å². The lowest BCUT2D eigenvalue weighted by atomic mass is 10.2. The summed E-state index contributed by atoms with van der Waals surface area (Å²) in [6.07, 6.45) is 0. The van der Waals surface area contributed by atoms with Crippen molar-refractivity contribution in [2.75, 3.05) is 0 Å². The van der Waals surface area contributed by atoms with Gasteiger partial charge < -0.3 is 9.15 Å². The molecule has 2 heterocycles. The first-order valence-electron chi connectivity index (χ1n) is 7.08. The van der Waals surface area contributed by atoms with Crippen LogP contribution < -0.4 is 4.74 Å². The Labute approximate surface area is 153 Å². The molecule has 9 nitrogen and oxygen atoms in total. The maximum Gasteiger partial charge on any atom is 0.387 e.